The van der Waals surface area contributed by atoms with E-state index >= 15 is 0 Å². The molecule has 74 heavy (non-hydrogen) atoms. The first kappa shape index (κ1) is 64.7. The number of nitrogens with zero attached hydrogens (tertiary/aromatic N) is 2. The largest absolute Gasteiger partial charge is 0.480 e. The van der Waals surface area contributed by atoms with Crippen molar-refractivity contribution in [3.05, 3.63) is 24.3 Å². The minimum atomic E-state index is -1.48. The first-order valence-corrected chi connectivity index (χ1v) is 24.7. The van der Waals surface area contributed by atoms with Crippen LogP contribution in [0.3, 0.4) is 0 Å². The van der Waals surface area contributed by atoms with Crippen LogP contribution in [-0.4, -0.2) is 140 Å². The Labute approximate surface area is 430 Å². The van der Waals surface area contributed by atoms with Crippen LogP contribution >= 0.6 is 0 Å². The maximum absolute atomic E-state index is 12.9. The normalized spacial score (nSPS) is 15.7. The van der Waals surface area contributed by atoms with Crippen LogP contribution in [0, 0.1) is 23.7 Å². The summed E-state index contributed by atoms with van der Waals surface area (Å²) < 4.78 is 0. The van der Waals surface area contributed by atoms with Gasteiger partial charge in [-0.15, -0.1) is 0 Å². The van der Waals surface area contributed by atoms with Gasteiger partial charge in [-0.25, -0.2) is 4.79 Å². The summed E-state index contributed by atoms with van der Waals surface area (Å²) in [7, 11) is 0. The lowest BCUT2D eigenvalue weighted by Crippen LogP contribution is -2.47. The zero-order valence-corrected chi connectivity index (χ0v) is 43.4. The average Bonchev–Trinajstić information content (AvgIpc) is 3.80. The number of hydrogen-bond donors (Lipinski definition) is 7. The number of ketones is 4. The predicted molar refractivity (Wildman–Crippen MR) is 264 cm³/mol. The SMILES string of the molecule is CC(=O)[C@@H](CC(=O)[C@H](CC(N)=O)NC(=O)[C@H](C)CC(=O)[C@H](C)NC(=O)CCCCCN1C(=O)C=CC1=O)CC(C)C.C[C@H](CC(=O)[C@H](C)NC(=O)CCCCCN1C(=O)C=CC1=O)C(=O)N[C@@H](CC(N)=O)C(=O)O. The molecule has 0 bridgehead atoms. The van der Waals surface area contributed by atoms with Crippen molar-refractivity contribution in [2.45, 2.75) is 163 Å². The van der Waals surface area contributed by atoms with Crippen molar-refractivity contribution in [3.8, 4) is 0 Å². The van der Waals surface area contributed by atoms with Crippen molar-refractivity contribution in [2.75, 3.05) is 13.1 Å². The van der Waals surface area contributed by atoms with Gasteiger partial charge in [0, 0.05) is 87.3 Å². The lowest BCUT2D eigenvalue weighted by atomic mass is 9.87. The summed E-state index contributed by atoms with van der Waals surface area (Å²) in [5.41, 5.74) is 10.2. The molecule has 0 aromatic heterocycles. The maximum atomic E-state index is 12.9. The Morgan fingerprint density at radius 3 is 1.20 bits per heavy atom. The molecular weight excluding hydrogens is 969 g/mol. The minimum Gasteiger partial charge on any atom is -0.480 e. The van der Waals surface area contributed by atoms with E-state index in [2.05, 4.69) is 21.3 Å². The highest BCUT2D eigenvalue weighted by atomic mass is 16.4. The van der Waals surface area contributed by atoms with Crippen LogP contribution in [0.15, 0.2) is 24.3 Å². The Bertz CT molecular complexity index is 2150. The molecule has 0 fully saturated rings. The van der Waals surface area contributed by atoms with Gasteiger partial charge in [0.25, 0.3) is 23.6 Å². The van der Waals surface area contributed by atoms with Gasteiger partial charge in [-0.05, 0) is 58.8 Å². The molecule has 0 radical (unpaired) electrons. The molecule has 0 aromatic carbocycles. The fourth-order valence-electron chi connectivity index (χ4n) is 7.52. The molecule has 410 valence electrons. The number of Topliss-reactive ketones (excluding diaryl/α,β-unsaturated/α-hetero) is 4. The summed E-state index contributed by atoms with van der Waals surface area (Å²) in [5, 5.41) is 18.9. The summed E-state index contributed by atoms with van der Waals surface area (Å²) in [4.78, 5) is 181. The molecule has 24 heteroatoms. The van der Waals surface area contributed by atoms with Crippen LogP contribution in [-0.2, 0) is 71.9 Å². The Morgan fingerprint density at radius 2 is 0.865 bits per heavy atom. The number of primary amides is 2. The molecule has 24 nitrogen and oxygen atoms in total. The molecule has 2 aliphatic rings. The van der Waals surface area contributed by atoms with E-state index in [1.165, 1.54) is 58.9 Å². The van der Waals surface area contributed by atoms with Crippen molar-refractivity contribution in [3.63, 3.8) is 0 Å². The average molecular weight is 1040 g/mol. The van der Waals surface area contributed by atoms with E-state index in [0.29, 0.717) is 44.9 Å². The summed E-state index contributed by atoms with van der Waals surface area (Å²) in [6.45, 7) is 11.7. The second-order valence-electron chi connectivity index (χ2n) is 19.1. The topological polar surface area (TPSA) is 383 Å². The number of hydrogen-bond acceptors (Lipinski definition) is 15. The third-order valence-electron chi connectivity index (χ3n) is 11.9. The van der Waals surface area contributed by atoms with E-state index in [9.17, 15) is 71.9 Å². The van der Waals surface area contributed by atoms with Gasteiger partial charge >= 0.3 is 5.97 Å². The number of carboxylic acids is 1. The van der Waals surface area contributed by atoms with E-state index in [0.717, 1.165) is 9.80 Å². The first-order chi connectivity index (χ1) is 34.5. The van der Waals surface area contributed by atoms with Crippen LogP contribution in [0.2, 0.25) is 0 Å². The number of nitrogens with two attached hydrogens (primary N) is 2. The van der Waals surface area contributed by atoms with Crippen LogP contribution in [0.4, 0.5) is 0 Å². The standard InChI is InChI=1S/C29H44N4O8.C21H30N4O8/c1-17(2)13-21(20(5)34)15-24(36)22(16-25(30)37)32-29(41)18(3)14-23(35)19(4)31-26(38)9-7-6-8-12-33-27(39)10-11-28(33)40;1-12(20(31)24-14(21(32)33)11-16(22)27)10-15(26)13(2)23-17(28)6-4-3-5-9-25-18(29)7-8-19(25)30/h10-11,17-19,21-22H,6-9,12-16H2,1-5H3,(H2,30,37)(H,31,38)(H,32,41);7-8,12-14H,3-6,9-11H2,1-2H3,(H2,22,27)(H,23,28)(H,24,31)(H,32,33)/t18-,19+,21-,22+;12-,13+,14+/m11/s1. The number of aliphatic carboxylic acids is 1. The highest BCUT2D eigenvalue weighted by Crippen LogP contribution is 2.19. The van der Waals surface area contributed by atoms with Crippen molar-refractivity contribution in [2.24, 2.45) is 35.1 Å². The summed E-state index contributed by atoms with van der Waals surface area (Å²) >= 11 is 0. The van der Waals surface area contributed by atoms with Crippen molar-refractivity contribution in [1.29, 1.82) is 0 Å². The second-order valence-corrected chi connectivity index (χ2v) is 19.1. The number of carbonyl (C=O) groups excluding carboxylic acids is 14. The third-order valence-corrected chi connectivity index (χ3v) is 11.9. The first-order valence-electron chi connectivity index (χ1n) is 24.7. The Morgan fingerprint density at radius 1 is 0.500 bits per heavy atom. The van der Waals surface area contributed by atoms with Gasteiger partial charge in [-0.1, -0.05) is 40.5 Å². The maximum Gasteiger partial charge on any atom is 0.326 e. The molecule has 10 amide bonds. The number of carboxylic acid groups (broad SMARTS) is 1. The highest BCUT2D eigenvalue weighted by Gasteiger charge is 2.31. The third kappa shape index (κ3) is 24.9. The van der Waals surface area contributed by atoms with Gasteiger partial charge in [0.15, 0.2) is 17.3 Å². The quantitative estimate of drug-likeness (QED) is 0.0328. The number of carbonyl (C=O) groups is 15. The van der Waals surface area contributed by atoms with Crippen LogP contribution in [0.5, 0.6) is 0 Å². The molecular formula is C50H74N8O16. The van der Waals surface area contributed by atoms with Gasteiger partial charge in [-0.3, -0.25) is 76.9 Å². The molecule has 7 atom stereocenters. The summed E-state index contributed by atoms with van der Waals surface area (Å²) in [6.07, 6.45) is 7.44. The van der Waals surface area contributed by atoms with Crippen molar-refractivity contribution in [1.82, 2.24) is 31.1 Å². The van der Waals surface area contributed by atoms with E-state index < -0.39 is 95.9 Å². The fourth-order valence-corrected chi connectivity index (χ4v) is 7.52. The number of amides is 10. The van der Waals surface area contributed by atoms with E-state index in [-0.39, 0.29) is 98.1 Å². The zero-order valence-electron chi connectivity index (χ0n) is 43.4. The van der Waals surface area contributed by atoms with E-state index in [4.69, 9.17) is 16.6 Å². The number of unbranched alkanes of at least 4 members (excludes halogenated alkanes) is 4. The molecule has 0 aromatic rings. The Hall–Kier alpha value is -7.27. The Kier molecular flexibility index (Phi) is 28.6. The van der Waals surface area contributed by atoms with Crippen LogP contribution in [0.25, 0.3) is 0 Å². The van der Waals surface area contributed by atoms with Gasteiger partial charge in [0.1, 0.15) is 11.8 Å². The number of imide groups is 2. The van der Waals surface area contributed by atoms with Gasteiger partial charge in [0.05, 0.1) is 31.0 Å². The number of rotatable bonds is 35. The van der Waals surface area contributed by atoms with Crippen LogP contribution < -0.4 is 32.7 Å². The Balaban J connectivity index is 0.000000758. The summed E-state index contributed by atoms with van der Waals surface area (Å²) in [5.74, 6) is -10.0. The van der Waals surface area contributed by atoms with Crippen molar-refractivity contribution >= 4 is 88.2 Å². The number of nitrogens with one attached hydrogen (secondary N) is 4. The molecule has 0 saturated heterocycles. The smallest absolute Gasteiger partial charge is 0.326 e. The zero-order chi connectivity index (χ0) is 56.4. The van der Waals surface area contributed by atoms with Crippen LogP contribution in [0.1, 0.15) is 138 Å². The predicted octanol–water partition coefficient (Wildman–Crippen LogP) is 0.159. The second kappa shape index (κ2) is 32.7. The van der Waals surface area contributed by atoms with E-state index in [1.807, 2.05) is 13.8 Å². The molecule has 9 N–H and O–H groups in total. The lowest BCUT2D eigenvalue weighted by Gasteiger charge is -2.22. The van der Waals surface area contributed by atoms with Crippen molar-refractivity contribution < 1.29 is 77.0 Å². The molecule has 2 rings (SSSR count). The fraction of sp³-hybridized carbons (Fsp3) is 0.620. The monoisotopic (exact) mass is 1040 g/mol. The molecule has 0 saturated carbocycles. The van der Waals surface area contributed by atoms with Gasteiger partial charge in [-0.2, -0.15) is 0 Å². The molecule has 0 spiro atoms. The highest BCUT2D eigenvalue weighted by molar-refractivity contribution is 6.13. The molecule has 2 aliphatic heterocycles. The molecule has 2 heterocycles. The molecule has 0 unspecified atom stereocenters. The van der Waals surface area contributed by atoms with Gasteiger partial charge < -0.3 is 37.8 Å². The van der Waals surface area contributed by atoms with Gasteiger partial charge in [0.2, 0.25) is 35.4 Å². The minimum absolute atomic E-state index is 0.131. The lowest BCUT2D eigenvalue weighted by molar-refractivity contribution is -0.144. The van der Waals surface area contributed by atoms with E-state index in [1.54, 1.807) is 0 Å². The summed E-state index contributed by atoms with van der Waals surface area (Å²) in [6, 6.07) is -4.39. The molecule has 0 aliphatic carbocycles.